The second-order valence-corrected chi connectivity index (χ2v) is 5.75. The third kappa shape index (κ3) is 2.79. The zero-order valence-electron chi connectivity index (χ0n) is 12.1. The summed E-state index contributed by atoms with van der Waals surface area (Å²) >= 11 is 0. The summed E-state index contributed by atoms with van der Waals surface area (Å²) in [6.07, 6.45) is 1.76. The third-order valence-corrected chi connectivity index (χ3v) is 3.88. The molecule has 106 valence electrons. The topological polar surface area (TPSA) is 28.4 Å². The average molecular weight is 270 g/mol. The fraction of sp³-hybridized carbons (Fsp3) is 0.412. The molecule has 0 spiro atoms. The van der Waals surface area contributed by atoms with E-state index in [1.165, 1.54) is 5.56 Å². The van der Waals surface area contributed by atoms with Gasteiger partial charge in [-0.2, -0.15) is 0 Å². The smallest absolute Gasteiger partial charge is 0.125 e. The second-order valence-electron chi connectivity index (χ2n) is 5.75. The van der Waals surface area contributed by atoms with Crippen molar-refractivity contribution in [1.82, 2.24) is 10.2 Å². The van der Waals surface area contributed by atoms with Crippen LogP contribution in [0.2, 0.25) is 0 Å². The zero-order chi connectivity index (χ0) is 13.9. The minimum Gasteiger partial charge on any atom is -0.467 e. The minimum atomic E-state index is 0.207. The highest BCUT2D eigenvalue weighted by Gasteiger charge is 2.30. The van der Waals surface area contributed by atoms with Gasteiger partial charge in [-0.05, 0) is 31.5 Å². The quantitative estimate of drug-likeness (QED) is 0.929. The van der Waals surface area contributed by atoms with Gasteiger partial charge in [0.1, 0.15) is 5.76 Å². The number of hydrogen-bond donors (Lipinski definition) is 1. The first-order valence-electron chi connectivity index (χ1n) is 7.32. The molecule has 1 aliphatic heterocycles. The molecule has 1 saturated heterocycles. The van der Waals surface area contributed by atoms with Crippen molar-refractivity contribution in [2.24, 2.45) is 0 Å². The zero-order valence-corrected chi connectivity index (χ0v) is 12.1. The number of piperazine rings is 1. The summed E-state index contributed by atoms with van der Waals surface area (Å²) in [6, 6.07) is 15.9. The first-order valence-corrected chi connectivity index (χ1v) is 7.32. The van der Waals surface area contributed by atoms with Crippen LogP contribution in [0, 0.1) is 0 Å². The van der Waals surface area contributed by atoms with E-state index in [1.54, 1.807) is 6.26 Å². The molecular formula is C17H22N2O. The highest BCUT2D eigenvalue weighted by molar-refractivity contribution is 5.27. The Morgan fingerprint density at radius 3 is 2.35 bits per heavy atom. The van der Waals surface area contributed by atoms with Crippen LogP contribution in [0.25, 0.3) is 0 Å². The van der Waals surface area contributed by atoms with Gasteiger partial charge in [-0.3, -0.25) is 4.90 Å². The molecule has 2 aromatic rings. The van der Waals surface area contributed by atoms with E-state index >= 15 is 0 Å². The summed E-state index contributed by atoms with van der Waals surface area (Å²) in [7, 11) is 0. The van der Waals surface area contributed by atoms with Crippen LogP contribution in [-0.4, -0.2) is 30.1 Å². The fourth-order valence-electron chi connectivity index (χ4n) is 3.22. The van der Waals surface area contributed by atoms with Gasteiger partial charge in [0.05, 0.1) is 12.3 Å². The number of benzene rings is 1. The summed E-state index contributed by atoms with van der Waals surface area (Å²) in [5.74, 6) is 1.03. The largest absolute Gasteiger partial charge is 0.467 e. The van der Waals surface area contributed by atoms with Crippen molar-refractivity contribution >= 4 is 0 Å². The molecule has 3 atom stereocenters. The monoisotopic (exact) mass is 270 g/mol. The lowest BCUT2D eigenvalue weighted by Gasteiger charge is -2.40. The SMILES string of the molecule is CC1CN(C(c2ccccc2)c2ccco2)CC(C)N1. The van der Waals surface area contributed by atoms with Gasteiger partial charge in [0, 0.05) is 25.2 Å². The predicted octanol–water partition coefficient (Wildman–Crippen LogP) is 3.05. The van der Waals surface area contributed by atoms with Gasteiger partial charge in [0.2, 0.25) is 0 Å². The normalized spacial score (nSPS) is 25.5. The molecule has 0 bridgehead atoms. The number of nitrogens with zero attached hydrogens (tertiary/aromatic N) is 1. The molecule has 3 rings (SSSR count). The third-order valence-electron chi connectivity index (χ3n) is 3.88. The molecule has 0 aliphatic carbocycles. The standard InChI is InChI=1S/C17H22N2O/c1-13-11-19(12-14(2)18-13)17(16-9-6-10-20-16)15-7-4-3-5-8-15/h3-10,13-14,17-18H,11-12H2,1-2H3. The van der Waals surface area contributed by atoms with Gasteiger partial charge in [-0.25, -0.2) is 0 Å². The molecule has 1 aromatic carbocycles. The molecule has 3 unspecified atom stereocenters. The van der Waals surface area contributed by atoms with Crippen molar-refractivity contribution in [2.75, 3.05) is 13.1 Å². The van der Waals surface area contributed by atoms with Crippen molar-refractivity contribution in [3.05, 3.63) is 60.1 Å². The van der Waals surface area contributed by atoms with E-state index in [2.05, 4.69) is 60.5 Å². The molecule has 1 aromatic heterocycles. The maximum atomic E-state index is 5.71. The van der Waals surface area contributed by atoms with Crippen molar-refractivity contribution in [3.8, 4) is 0 Å². The number of furan rings is 1. The van der Waals surface area contributed by atoms with Crippen LogP contribution in [0.4, 0.5) is 0 Å². The minimum absolute atomic E-state index is 0.207. The average Bonchev–Trinajstić information content (AvgIpc) is 2.93. The highest BCUT2D eigenvalue weighted by atomic mass is 16.3. The molecule has 0 amide bonds. The lowest BCUT2D eigenvalue weighted by molar-refractivity contribution is 0.129. The van der Waals surface area contributed by atoms with Gasteiger partial charge in [-0.15, -0.1) is 0 Å². The van der Waals surface area contributed by atoms with Crippen molar-refractivity contribution < 1.29 is 4.42 Å². The lowest BCUT2D eigenvalue weighted by Crippen LogP contribution is -2.55. The summed E-state index contributed by atoms with van der Waals surface area (Å²) in [5, 5.41) is 3.59. The van der Waals surface area contributed by atoms with Gasteiger partial charge in [0.25, 0.3) is 0 Å². The van der Waals surface area contributed by atoms with E-state index in [9.17, 15) is 0 Å². The molecule has 3 heteroatoms. The number of rotatable bonds is 3. The van der Waals surface area contributed by atoms with Crippen LogP contribution < -0.4 is 5.32 Å². The maximum absolute atomic E-state index is 5.71. The van der Waals surface area contributed by atoms with Crippen molar-refractivity contribution in [3.63, 3.8) is 0 Å². The van der Waals surface area contributed by atoms with Gasteiger partial charge < -0.3 is 9.73 Å². The van der Waals surface area contributed by atoms with Crippen LogP contribution in [0.15, 0.2) is 53.1 Å². The Hall–Kier alpha value is -1.58. The highest BCUT2D eigenvalue weighted by Crippen LogP contribution is 2.30. The van der Waals surface area contributed by atoms with Crippen LogP contribution in [0.1, 0.15) is 31.2 Å². The van der Waals surface area contributed by atoms with Crippen molar-refractivity contribution in [2.45, 2.75) is 32.0 Å². The van der Waals surface area contributed by atoms with Gasteiger partial charge >= 0.3 is 0 Å². The van der Waals surface area contributed by atoms with E-state index in [1.807, 2.05) is 6.07 Å². The maximum Gasteiger partial charge on any atom is 0.125 e. The molecular weight excluding hydrogens is 248 g/mol. The van der Waals surface area contributed by atoms with Gasteiger partial charge in [0.15, 0.2) is 0 Å². The molecule has 2 heterocycles. The predicted molar refractivity (Wildman–Crippen MR) is 80.6 cm³/mol. The molecule has 0 saturated carbocycles. The van der Waals surface area contributed by atoms with Crippen LogP contribution in [-0.2, 0) is 0 Å². The van der Waals surface area contributed by atoms with E-state index in [-0.39, 0.29) is 6.04 Å². The Labute approximate surface area is 120 Å². The Bertz CT molecular complexity index is 513. The van der Waals surface area contributed by atoms with Crippen LogP contribution in [0.5, 0.6) is 0 Å². The molecule has 1 fully saturated rings. The van der Waals surface area contributed by atoms with Crippen LogP contribution in [0.3, 0.4) is 0 Å². The Morgan fingerprint density at radius 1 is 1.05 bits per heavy atom. The Kier molecular flexibility index (Phi) is 3.90. The molecule has 0 radical (unpaired) electrons. The van der Waals surface area contributed by atoms with Gasteiger partial charge in [-0.1, -0.05) is 30.3 Å². The molecule has 3 nitrogen and oxygen atoms in total. The number of nitrogens with one attached hydrogen (secondary N) is 1. The van der Waals surface area contributed by atoms with E-state index in [0.717, 1.165) is 18.8 Å². The lowest BCUT2D eigenvalue weighted by atomic mass is 10.00. The van der Waals surface area contributed by atoms with E-state index < -0.39 is 0 Å². The molecule has 20 heavy (non-hydrogen) atoms. The summed E-state index contributed by atoms with van der Waals surface area (Å²) in [4.78, 5) is 2.51. The first-order chi connectivity index (χ1) is 9.74. The van der Waals surface area contributed by atoms with Crippen LogP contribution >= 0.6 is 0 Å². The van der Waals surface area contributed by atoms with Crippen molar-refractivity contribution in [1.29, 1.82) is 0 Å². The Morgan fingerprint density at radius 2 is 1.75 bits per heavy atom. The van der Waals surface area contributed by atoms with E-state index in [0.29, 0.717) is 12.1 Å². The Balaban J connectivity index is 1.94. The molecule has 1 N–H and O–H groups in total. The summed E-state index contributed by atoms with van der Waals surface area (Å²) in [5.41, 5.74) is 1.30. The number of hydrogen-bond acceptors (Lipinski definition) is 3. The van der Waals surface area contributed by atoms with E-state index in [4.69, 9.17) is 4.42 Å². The first kappa shape index (κ1) is 13.4. The fourth-order valence-corrected chi connectivity index (χ4v) is 3.22. The summed E-state index contributed by atoms with van der Waals surface area (Å²) < 4.78 is 5.71. The molecule has 1 aliphatic rings. The summed E-state index contributed by atoms with van der Waals surface area (Å²) in [6.45, 7) is 6.55. The second kappa shape index (κ2) is 5.81.